The molecule has 0 aromatic rings. The Morgan fingerprint density at radius 2 is 1.82 bits per heavy atom. The fraction of sp³-hybridized carbons (Fsp3) is 0.750. The fourth-order valence-electron chi connectivity index (χ4n) is 1.14. The van der Waals surface area contributed by atoms with Crippen LogP contribution in [0.4, 0.5) is 0 Å². The van der Waals surface area contributed by atoms with Gasteiger partial charge < -0.3 is 31.1 Å². The molecular weight excluding hydrogens is 324 g/mol. The molecule has 0 rings (SSSR count). The molecule has 0 saturated carbocycles. The number of rotatable bonds is 8. The third-order valence-electron chi connectivity index (χ3n) is 2.74. The second-order valence-corrected chi connectivity index (χ2v) is 5.17. The van der Waals surface area contributed by atoms with E-state index in [2.05, 4.69) is 10.1 Å². The average molecular weight is 348 g/mol. The van der Waals surface area contributed by atoms with E-state index in [-0.39, 0.29) is 50.7 Å². The van der Waals surface area contributed by atoms with Crippen molar-refractivity contribution in [2.24, 2.45) is 11.1 Å². The molecule has 0 aromatic carbocycles. The van der Waals surface area contributed by atoms with E-state index >= 15 is 0 Å². The summed E-state index contributed by atoms with van der Waals surface area (Å²) >= 11 is 0. The number of carbonyl (C=O) groups excluding carboxylic acids is 3. The Kier molecular flexibility index (Phi) is 12.3. The molecule has 126 valence electrons. The van der Waals surface area contributed by atoms with Crippen LogP contribution >= 0.6 is 0 Å². The van der Waals surface area contributed by atoms with E-state index in [1.54, 1.807) is 0 Å². The molecule has 0 aromatic heterocycles. The van der Waals surface area contributed by atoms with Crippen LogP contribution in [0.1, 0.15) is 20.3 Å². The van der Waals surface area contributed by atoms with Crippen molar-refractivity contribution in [3.8, 4) is 0 Å². The van der Waals surface area contributed by atoms with Gasteiger partial charge in [-0.3, -0.25) is 9.59 Å². The van der Waals surface area contributed by atoms with Crippen molar-refractivity contribution in [1.82, 2.24) is 5.32 Å². The fourth-order valence-corrected chi connectivity index (χ4v) is 1.14. The first kappa shape index (κ1) is 24.0. The molecule has 10 heteroatoms. The molecule has 9 nitrogen and oxygen atoms in total. The summed E-state index contributed by atoms with van der Waals surface area (Å²) in [6.07, 6.45) is -1.75. The van der Waals surface area contributed by atoms with Crippen LogP contribution in [0.3, 0.4) is 0 Å². The van der Waals surface area contributed by atoms with Crippen molar-refractivity contribution < 1.29 is 34.4 Å². The number of aliphatic hydroxyl groups is 3. The Hall–Kier alpha value is -0.290. The van der Waals surface area contributed by atoms with Gasteiger partial charge in [-0.15, -0.1) is 0 Å². The van der Waals surface area contributed by atoms with Crippen LogP contribution in [-0.4, -0.2) is 103 Å². The summed E-state index contributed by atoms with van der Waals surface area (Å²) < 4.78 is 4.32. The average Bonchev–Trinajstić information content (AvgIpc) is 2.44. The summed E-state index contributed by atoms with van der Waals surface area (Å²) in [7, 11) is 0. The van der Waals surface area contributed by atoms with Crippen LogP contribution in [0, 0.1) is 5.41 Å². The van der Waals surface area contributed by atoms with Crippen LogP contribution < -0.4 is 11.1 Å². The summed E-state index contributed by atoms with van der Waals surface area (Å²) in [5.74, 6) is -2.73. The van der Waals surface area contributed by atoms with Crippen molar-refractivity contribution in [2.45, 2.75) is 32.4 Å². The van der Waals surface area contributed by atoms with E-state index in [0.717, 1.165) is 0 Å². The van der Waals surface area contributed by atoms with Crippen molar-refractivity contribution >= 4 is 55.6 Å². The summed E-state index contributed by atoms with van der Waals surface area (Å²) in [6.45, 7) is 1.81. The van der Waals surface area contributed by atoms with Gasteiger partial charge in [0.15, 0.2) is 0 Å². The summed E-state index contributed by atoms with van der Waals surface area (Å²) in [5.41, 5.74) is 4.12. The molecule has 1 amide bonds. The van der Waals surface area contributed by atoms with E-state index in [4.69, 9.17) is 15.9 Å². The van der Waals surface area contributed by atoms with E-state index in [1.165, 1.54) is 13.8 Å². The third kappa shape index (κ3) is 8.37. The number of hydrogen-bond acceptors (Lipinski definition) is 8. The Bertz CT molecular complexity index is 390. The molecule has 0 radical (unpaired) electrons. The monoisotopic (exact) mass is 348 g/mol. The van der Waals surface area contributed by atoms with Gasteiger partial charge in [-0.1, -0.05) is 13.8 Å². The van der Waals surface area contributed by atoms with Gasteiger partial charge in [0.1, 0.15) is 12.1 Å². The normalized spacial score (nSPS) is 13.5. The predicted molar refractivity (Wildman–Crippen MR) is 79.2 cm³/mol. The number of esters is 2. The van der Waals surface area contributed by atoms with Crippen molar-refractivity contribution in [2.75, 3.05) is 19.8 Å². The number of hydrogen-bond donors (Lipinski definition) is 5. The van der Waals surface area contributed by atoms with Crippen molar-refractivity contribution in [3.05, 3.63) is 0 Å². The maximum atomic E-state index is 11.6. The van der Waals surface area contributed by atoms with Gasteiger partial charge in [0.05, 0.1) is 19.6 Å². The van der Waals surface area contributed by atoms with Gasteiger partial charge >= 0.3 is 49.7 Å². The molecule has 2 atom stereocenters. The van der Waals surface area contributed by atoms with Crippen LogP contribution in [-0.2, 0) is 19.1 Å². The second-order valence-electron chi connectivity index (χ2n) is 5.17. The van der Waals surface area contributed by atoms with Gasteiger partial charge in [0.25, 0.3) is 0 Å². The summed E-state index contributed by atoms with van der Waals surface area (Å²) in [4.78, 5) is 33.9. The van der Waals surface area contributed by atoms with Crippen LogP contribution in [0.2, 0.25) is 0 Å². The Balaban J connectivity index is 0. The van der Waals surface area contributed by atoms with Crippen LogP contribution in [0.25, 0.3) is 0 Å². The molecule has 0 saturated heterocycles. The molecule has 0 aliphatic heterocycles. The number of carbonyl (C=O) groups is 3. The molecule has 0 heterocycles. The minimum absolute atomic E-state index is 0. The first-order chi connectivity index (χ1) is 9.65. The number of ether oxygens (including phenoxy) is 1. The van der Waals surface area contributed by atoms with E-state index in [1.807, 2.05) is 0 Å². The van der Waals surface area contributed by atoms with Gasteiger partial charge in [0, 0.05) is 12.0 Å². The van der Waals surface area contributed by atoms with E-state index in [0.29, 0.717) is 0 Å². The molecule has 0 fully saturated rings. The van der Waals surface area contributed by atoms with Crippen LogP contribution in [0.15, 0.2) is 0 Å². The maximum absolute atomic E-state index is 11.6. The zero-order valence-corrected chi connectivity index (χ0v) is 12.0. The quantitative estimate of drug-likeness (QED) is 0.170. The van der Waals surface area contributed by atoms with Crippen molar-refractivity contribution in [3.63, 3.8) is 0 Å². The first-order valence-electron chi connectivity index (χ1n) is 6.33. The number of aliphatic hydroxyl groups excluding tert-OH is 3. The zero-order valence-electron chi connectivity index (χ0n) is 12.0. The first-order valence-corrected chi connectivity index (χ1v) is 6.33. The molecule has 0 unspecified atom stereocenters. The number of amides is 1. The van der Waals surface area contributed by atoms with E-state index < -0.39 is 48.6 Å². The number of nitrogens with two attached hydrogens (primary N) is 1. The summed E-state index contributed by atoms with van der Waals surface area (Å²) in [6, 6.07) is -1.30. The second kappa shape index (κ2) is 11.3. The van der Waals surface area contributed by atoms with Gasteiger partial charge in [-0.25, -0.2) is 4.79 Å². The van der Waals surface area contributed by atoms with Gasteiger partial charge in [-0.2, -0.15) is 0 Å². The summed E-state index contributed by atoms with van der Waals surface area (Å²) in [5, 5.41) is 29.6. The SMILES string of the molecule is CC(C)(CO)[C@@H](O)C(=O)NCCC(=O)OC(=O)[C@@H](N)CO.[CaH2]. The van der Waals surface area contributed by atoms with Gasteiger partial charge in [-0.05, 0) is 0 Å². The Morgan fingerprint density at radius 1 is 1.27 bits per heavy atom. The standard InChI is InChI=1S/C12H22N2O7.Ca.2H/c1-12(2,6-16)9(18)10(19)14-4-3-8(17)21-11(20)7(13)5-15;;;/h7,9,15-16,18H,3-6,13H2,1-2H3,(H,14,19);;;/t7-,9-;;;/m0.../s1. The Morgan fingerprint density at radius 3 is 2.27 bits per heavy atom. The minimum atomic E-state index is -1.44. The molecule has 0 aliphatic carbocycles. The van der Waals surface area contributed by atoms with Gasteiger partial charge in [0.2, 0.25) is 5.91 Å². The number of nitrogens with one attached hydrogen (secondary N) is 1. The molecule has 0 aliphatic rings. The predicted octanol–water partition coefficient (Wildman–Crippen LogP) is -3.65. The van der Waals surface area contributed by atoms with Crippen LogP contribution in [0.5, 0.6) is 0 Å². The topological polar surface area (TPSA) is 159 Å². The molecule has 6 N–H and O–H groups in total. The van der Waals surface area contributed by atoms with E-state index in [9.17, 15) is 19.5 Å². The van der Waals surface area contributed by atoms with Crippen molar-refractivity contribution in [1.29, 1.82) is 0 Å². The molecule has 0 bridgehead atoms. The third-order valence-corrected chi connectivity index (χ3v) is 2.74. The molecule has 0 spiro atoms. The zero-order chi connectivity index (χ0) is 16.6. The Labute approximate surface area is 158 Å². The molecule has 22 heavy (non-hydrogen) atoms. The molecular formula is C12H24CaN2O7.